The van der Waals surface area contributed by atoms with Crippen molar-refractivity contribution in [2.45, 2.75) is 31.3 Å². The van der Waals surface area contributed by atoms with Gasteiger partial charge in [0, 0.05) is 19.8 Å². The fourth-order valence-corrected chi connectivity index (χ4v) is 2.55. The van der Waals surface area contributed by atoms with Gasteiger partial charge in [0.15, 0.2) is 9.84 Å². The van der Waals surface area contributed by atoms with Gasteiger partial charge in [-0.2, -0.15) is 0 Å². The van der Waals surface area contributed by atoms with Gasteiger partial charge < -0.3 is 16.0 Å². The standard InChI is InChI=1S/C16H25N3O4S.ClH/c1-11(2)15(17)16(21)18-9-14(20)19(3)10-12-5-7-13(8-6-12)24(4,22)23;/h5-8,11,15H,9-10,17H2,1-4H3,(H,18,21);1H/t15-;/m0./s1. The van der Waals surface area contributed by atoms with Crippen LogP contribution in [0.5, 0.6) is 0 Å². The summed E-state index contributed by atoms with van der Waals surface area (Å²) in [7, 11) is -1.63. The van der Waals surface area contributed by atoms with Crippen molar-refractivity contribution in [3.8, 4) is 0 Å². The van der Waals surface area contributed by atoms with Gasteiger partial charge >= 0.3 is 0 Å². The number of carbonyl (C=O) groups is 2. The number of sulfone groups is 1. The maximum atomic E-state index is 12.0. The summed E-state index contributed by atoms with van der Waals surface area (Å²) in [6.45, 7) is 3.85. The molecule has 1 rings (SSSR count). The molecule has 0 fully saturated rings. The summed E-state index contributed by atoms with van der Waals surface area (Å²) in [6, 6.07) is 5.69. The minimum Gasteiger partial charge on any atom is -0.346 e. The second kappa shape index (κ2) is 9.74. The number of nitrogens with zero attached hydrogens (tertiary/aromatic N) is 1. The van der Waals surface area contributed by atoms with Crippen molar-refractivity contribution in [3.63, 3.8) is 0 Å². The quantitative estimate of drug-likeness (QED) is 0.706. The summed E-state index contributed by atoms with van der Waals surface area (Å²) in [5, 5.41) is 2.52. The molecule has 0 saturated heterocycles. The van der Waals surface area contributed by atoms with E-state index >= 15 is 0 Å². The average Bonchev–Trinajstić information content (AvgIpc) is 2.50. The van der Waals surface area contributed by atoms with Gasteiger partial charge in [0.2, 0.25) is 11.8 Å². The van der Waals surface area contributed by atoms with Crippen LogP contribution in [0.1, 0.15) is 19.4 Å². The molecule has 0 aliphatic rings. The number of halogens is 1. The number of carbonyl (C=O) groups excluding carboxylic acids is 2. The minimum atomic E-state index is -3.24. The molecule has 0 heterocycles. The first kappa shape index (κ1) is 23.4. The van der Waals surface area contributed by atoms with Gasteiger partial charge in [-0.05, 0) is 23.6 Å². The van der Waals surface area contributed by atoms with Crippen LogP contribution in [0.15, 0.2) is 29.2 Å². The lowest BCUT2D eigenvalue weighted by Gasteiger charge is -2.19. The Morgan fingerprint density at radius 1 is 1.20 bits per heavy atom. The van der Waals surface area contributed by atoms with Gasteiger partial charge in [0.1, 0.15) is 0 Å². The van der Waals surface area contributed by atoms with E-state index in [4.69, 9.17) is 5.73 Å². The third-order valence-corrected chi connectivity index (χ3v) is 4.76. The molecule has 9 heteroatoms. The molecule has 142 valence electrons. The summed E-state index contributed by atoms with van der Waals surface area (Å²) < 4.78 is 22.8. The van der Waals surface area contributed by atoms with Crippen molar-refractivity contribution in [1.82, 2.24) is 10.2 Å². The van der Waals surface area contributed by atoms with E-state index < -0.39 is 15.9 Å². The second-order valence-electron chi connectivity index (χ2n) is 6.15. The highest BCUT2D eigenvalue weighted by atomic mass is 35.5. The highest BCUT2D eigenvalue weighted by Gasteiger charge is 2.18. The Labute approximate surface area is 155 Å². The van der Waals surface area contributed by atoms with Crippen LogP contribution in [0.3, 0.4) is 0 Å². The van der Waals surface area contributed by atoms with Gasteiger partial charge in [0.05, 0.1) is 17.5 Å². The van der Waals surface area contributed by atoms with Gasteiger partial charge in [0.25, 0.3) is 0 Å². The number of benzene rings is 1. The predicted molar refractivity (Wildman–Crippen MR) is 99.1 cm³/mol. The van der Waals surface area contributed by atoms with Crippen molar-refractivity contribution in [2.24, 2.45) is 11.7 Å². The molecular formula is C16H26ClN3O4S. The number of nitrogens with one attached hydrogen (secondary N) is 1. The Morgan fingerprint density at radius 2 is 1.72 bits per heavy atom. The average molecular weight is 392 g/mol. The molecule has 1 atom stereocenters. The van der Waals surface area contributed by atoms with Crippen LogP contribution >= 0.6 is 12.4 Å². The summed E-state index contributed by atoms with van der Waals surface area (Å²) in [5.41, 5.74) is 6.50. The monoisotopic (exact) mass is 391 g/mol. The van der Waals surface area contributed by atoms with Crippen LogP contribution in [0, 0.1) is 5.92 Å². The molecule has 0 aliphatic carbocycles. The molecule has 0 unspecified atom stereocenters. The molecule has 3 N–H and O–H groups in total. The Bertz CT molecular complexity index is 690. The first-order chi connectivity index (χ1) is 11.0. The van der Waals surface area contributed by atoms with Gasteiger partial charge in [-0.15, -0.1) is 12.4 Å². The Balaban J connectivity index is 0.00000576. The summed E-state index contributed by atoms with van der Waals surface area (Å²) >= 11 is 0. The van der Waals surface area contributed by atoms with E-state index in [1.54, 1.807) is 19.2 Å². The molecule has 0 aromatic heterocycles. The third kappa shape index (κ3) is 7.41. The normalized spacial score (nSPS) is 12.2. The molecule has 25 heavy (non-hydrogen) atoms. The number of hydrogen-bond donors (Lipinski definition) is 2. The van der Waals surface area contributed by atoms with Crippen molar-refractivity contribution >= 4 is 34.1 Å². The van der Waals surface area contributed by atoms with Gasteiger partial charge in [-0.1, -0.05) is 26.0 Å². The van der Waals surface area contributed by atoms with E-state index in [1.807, 2.05) is 13.8 Å². The zero-order chi connectivity index (χ0) is 18.5. The van der Waals surface area contributed by atoms with Crippen LogP contribution in [-0.2, 0) is 26.0 Å². The van der Waals surface area contributed by atoms with Crippen molar-refractivity contribution in [2.75, 3.05) is 19.8 Å². The van der Waals surface area contributed by atoms with E-state index in [2.05, 4.69) is 5.32 Å². The lowest BCUT2D eigenvalue weighted by molar-refractivity contribution is -0.132. The lowest BCUT2D eigenvalue weighted by Crippen LogP contribution is -2.47. The van der Waals surface area contributed by atoms with Crippen molar-refractivity contribution < 1.29 is 18.0 Å². The Hall–Kier alpha value is -1.64. The first-order valence-electron chi connectivity index (χ1n) is 7.58. The SMILES string of the molecule is CC(C)[C@H](N)C(=O)NCC(=O)N(C)Cc1ccc(S(C)(=O)=O)cc1.Cl. The number of hydrogen-bond acceptors (Lipinski definition) is 5. The molecule has 2 amide bonds. The Morgan fingerprint density at radius 3 is 2.16 bits per heavy atom. The van der Waals surface area contributed by atoms with Crippen LogP contribution in [0.2, 0.25) is 0 Å². The van der Waals surface area contributed by atoms with E-state index in [9.17, 15) is 18.0 Å². The van der Waals surface area contributed by atoms with Crippen molar-refractivity contribution in [1.29, 1.82) is 0 Å². The number of amides is 2. The van der Waals surface area contributed by atoms with Crippen LogP contribution in [0.4, 0.5) is 0 Å². The fraction of sp³-hybridized carbons (Fsp3) is 0.500. The second-order valence-corrected chi connectivity index (χ2v) is 8.17. The smallest absolute Gasteiger partial charge is 0.242 e. The number of likely N-dealkylation sites (N-methyl/N-ethyl adjacent to an activating group) is 1. The van der Waals surface area contributed by atoms with Gasteiger partial charge in [-0.25, -0.2) is 8.42 Å². The molecule has 0 saturated carbocycles. The van der Waals surface area contributed by atoms with Crippen molar-refractivity contribution in [3.05, 3.63) is 29.8 Å². The van der Waals surface area contributed by atoms with E-state index in [0.29, 0.717) is 6.54 Å². The predicted octanol–water partition coefficient (Wildman–Crippen LogP) is 0.570. The van der Waals surface area contributed by atoms with Gasteiger partial charge in [-0.3, -0.25) is 9.59 Å². The van der Waals surface area contributed by atoms with E-state index in [0.717, 1.165) is 11.8 Å². The topological polar surface area (TPSA) is 110 Å². The molecule has 7 nitrogen and oxygen atoms in total. The van der Waals surface area contributed by atoms with Crippen LogP contribution in [0.25, 0.3) is 0 Å². The third-order valence-electron chi connectivity index (χ3n) is 3.63. The molecule has 0 spiro atoms. The lowest BCUT2D eigenvalue weighted by atomic mass is 10.1. The summed E-state index contributed by atoms with van der Waals surface area (Å²) in [6.07, 6.45) is 1.14. The van der Waals surface area contributed by atoms with Crippen LogP contribution in [-0.4, -0.2) is 51.0 Å². The first-order valence-corrected chi connectivity index (χ1v) is 9.47. The maximum absolute atomic E-state index is 12.0. The zero-order valence-electron chi connectivity index (χ0n) is 14.9. The molecule has 0 bridgehead atoms. The highest BCUT2D eigenvalue weighted by molar-refractivity contribution is 7.90. The summed E-state index contributed by atoms with van der Waals surface area (Å²) in [5.74, 6) is -0.623. The Kier molecular flexibility index (Phi) is 9.10. The highest BCUT2D eigenvalue weighted by Crippen LogP contribution is 2.11. The summed E-state index contributed by atoms with van der Waals surface area (Å²) in [4.78, 5) is 25.5. The fourth-order valence-electron chi connectivity index (χ4n) is 1.92. The molecular weight excluding hydrogens is 366 g/mol. The van der Waals surface area contributed by atoms with Crippen LogP contribution < -0.4 is 11.1 Å². The largest absolute Gasteiger partial charge is 0.346 e. The molecule has 1 aromatic carbocycles. The molecule has 0 aliphatic heterocycles. The van der Waals surface area contributed by atoms with E-state index in [1.165, 1.54) is 17.0 Å². The number of rotatable bonds is 7. The molecule has 1 aromatic rings. The molecule has 0 radical (unpaired) electrons. The maximum Gasteiger partial charge on any atom is 0.242 e. The number of nitrogens with two attached hydrogens (primary N) is 1. The minimum absolute atomic E-state index is 0. The van der Waals surface area contributed by atoms with E-state index in [-0.39, 0.29) is 41.6 Å². The zero-order valence-corrected chi connectivity index (χ0v) is 16.5.